The van der Waals surface area contributed by atoms with E-state index in [-0.39, 0.29) is 0 Å². The molecule has 0 N–H and O–H groups in total. The van der Waals surface area contributed by atoms with Crippen molar-refractivity contribution in [1.29, 1.82) is 0 Å². The van der Waals surface area contributed by atoms with Crippen LogP contribution in [-0.4, -0.2) is 18.5 Å². The van der Waals surface area contributed by atoms with Crippen molar-refractivity contribution in [3.8, 4) is 0 Å². The van der Waals surface area contributed by atoms with Gasteiger partial charge in [0.2, 0.25) is 0 Å². The van der Waals surface area contributed by atoms with Gasteiger partial charge in [-0.15, -0.1) is 0 Å². The van der Waals surface area contributed by atoms with Gasteiger partial charge in [-0.1, -0.05) is 0 Å². The van der Waals surface area contributed by atoms with Crippen LogP contribution in [0.3, 0.4) is 0 Å². The maximum atomic E-state index is 13.5. The Hall–Kier alpha value is 0.390. The Balaban J connectivity index is 4.02. The first-order valence-electron chi connectivity index (χ1n) is 12.4. The van der Waals surface area contributed by atoms with E-state index in [0.29, 0.717) is 0 Å². The summed E-state index contributed by atoms with van der Waals surface area (Å²) in [5.74, 6) is 0. The molecule has 0 heterocycles. The summed E-state index contributed by atoms with van der Waals surface area (Å²) < 4.78 is 0. The van der Waals surface area contributed by atoms with Gasteiger partial charge in [-0.2, -0.15) is 0 Å². The van der Waals surface area contributed by atoms with E-state index in [9.17, 15) is 4.89 Å². The summed E-state index contributed by atoms with van der Waals surface area (Å²) >= 11 is 0. The topological polar surface area (TPSA) is 19.9 Å². The number of rotatable bonds is 21. The van der Waals surface area contributed by atoms with Crippen molar-refractivity contribution in [2.45, 2.75) is 136 Å². The summed E-state index contributed by atoms with van der Waals surface area (Å²) in [6.45, 7) is 6.82. The third kappa shape index (κ3) is 17.8. The van der Waals surface area contributed by atoms with Crippen LogP contribution in [0.4, 0.5) is 0 Å². The molecule has 0 fully saturated rings. The Bertz CT molecular complexity index is 226. The van der Waals surface area contributed by atoms with E-state index in [1.165, 1.54) is 116 Å². The predicted molar refractivity (Wildman–Crippen MR) is 124 cm³/mol. The molecule has 0 saturated heterocycles. The zero-order valence-electron chi connectivity index (χ0n) is 18.8. The zero-order chi connectivity index (χ0) is 19.3. The van der Waals surface area contributed by atoms with Crippen LogP contribution in [0.15, 0.2) is 0 Å². The molecule has 0 spiro atoms. The molecule has 0 aliphatic heterocycles. The Kier molecular flexibility index (Phi) is 20.4. The van der Waals surface area contributed by atoms with E-state index in [4.69, 9.17) is 0 Å². The molecule has 0 aromatic heterocycles. The summed E-state index contributed by atoms with van der Waals surface area (Å²) in [5, 5.41) is 0. The summed E-state index contributed by atoms with van der Waals surface area (Å²) in [4.78, 5) is 13.5. The second kappa shape index (κ2) is 20.1. The average molecular weight is 388 g/mol. The van der Waals surface area contributed by atoms with Crippen LogP contribution in [0.1, 0.15) is 136 Å². The molecule has 0 saturated carbocycles. The van der Waals surface area contributed by atoms with Crippen molar-refractivity contribution < 1.29 is 4.89 Å². The molecule has 1 nitrogen and oxygen atoms in total. The molecular weight excluding hydrogens is 335 g/mol. The van der Waals surface area contributed by atoms with Gasteiger partial charge in [0, 0.05) is 0 Å². The molecule has 0 aliphatic carbocycles. The van der Waals surface area contributed by atoms with Gasteiger partial charge in [-0.25, -0.2) is 0 Å². The normalized spacial score (nSPS) is 12.6. The fourth-order valence-electron chi connectivity index (χ4n) is 4.06. The first-order valence-corrected chi connectivity index (χ1v) is 14.9. The van der Waals surface area contributed by atoms with Crippen LogP contribution in [0.5, 0.6) is 0 Å². The van der Waals surface area contributed by atoms with Gasteiger partial charge < -0.3 is 0 Å². The van der Waals surface area contributed by atoms with Crippen molar-refractivity contribution >= 4 is 7.49 Å². The van der Waals surface area contributed by atoms with Crippen LogP contribution in [-0.2, 0) is 4.89 Å². The summed E-state index contributed by atoms with van der Waals surface area (Å²) in [6, 6.07) is 0. The van der Waals surface area contributed by atoms with Crippen LogP contribution in [0.2, 0.25) is 0 Å². The Morgan fingerprint density at radius 3 is 0.885 bits per heavy atom. The van der Waals surface area contributed by atoms with Crippen molar-refractivity contribution in [1.82, 2.24) is 0 Å². The number of unbranched alkanes of at least 4 members (excludes halogenated alkanes) is 15. The van der Waals surface area contributed by atoms with E-state index >= 15 is 0 Å². The maximum absolute atomic E-state index is 13.5. The van der Waals surface area contributed by atoms with Gasteiger partial charge in [-0.05, 0) is 0 Å². The molecule has 1 radical (unpaired) electrons. The first kappa shape index (κ1) is 26.4. The van der Waals surface area contributed by atoms with Gasteiger partial charge in [0.1, 0.15) is 0 Å². The molecule has 0 rings (SSSR count). The molecule has 26 heavy (non-hydrogen) atoms. The Labute approximate surface area is 167 Å². The van der Waals surface area contributed by atoms with Crippen LogP contribution in [0, 0.1) is 0 Å². The average Bonchev–Trinajstić information content (AvgIpc) is 2.64. The third-order valence-electron chi connectivity index (χ3n) is 5.96. The second-order valence-electron chi connectivity index (χ2n) is 8.74. The van der Waals surface area contributed by atoms with Gasteiger partial charge in [-0.3, -0.25) is 0 Å². The molecule has 0 atom stereocenters. The van der Waals surface area contributed by atoms with Crippen molar-refractivity contribution in [3.63, 3.8) is 0 Å². The molecule has 0 bridgehead atoms. The minimum absolute atomic E-state index is 1.07. The van der Waals surface area contributed by atoms with Crippen molar-refractivity contribution in [2.24, 2.45) is 0 Å². The molecular formula is C24H52OP. The Morgan fingerprint density at radius 1 is 0.385 bits per heavy atom. The van der Waals surface area contributed by atoms with E-state index < -0.39 is 7.49 Å². The molecule has 2 heteroatoms. The molecule has 159 valence electrons. The van der Waals surface area contributed by atoms with Crippen LogP contribution < -0.4 is 0 Å². The fourth-order valence-corrected chi connectivity index (χ4v) is 7.49. The number of hydrogen-bond acceptors (Lipinski definition) is 0. The van der Waals surface area contributed by atoms with E-state index in [2.05, 4.69) is 20.8 Å². The second-order valence-corrected chi connectivity index (χ2v) is 12.6. The van der Waals surface area contributed by atoms with E-state index in [1.807, 2.05) is 0 Å². The molecule has 0 aliphatic rings. The van der Waals surface area contributed by atoms with Crippen LogP contribution in [0.25, 0.3) is 0 Å². The van der Waals surface area contributed by atoms with Gasteiger partial charge in [0.05, 0.1) is 0 Å². The summed E-state index contributed by atoms with van der Waals surface area (Å²) in [6.07, 6.45) is 27.1. The molecule has 0 aromatic rings. The zero-order valence-corrected chi connectivity index (χ0v) is 19.8. The summed E-state index contributed by atoms with van der Waals surface area (Å²) in [5.41, 5.74) is 0. The predicted octanol–water partition coefficient (Wildman–Crippen LogP) is 9.16. The molecule has 0 aromatic carbocycles. The third-order valence-corrected chi connectivity index (χ3v) is 9.75. The SMILES string of the molecule is CCCCCCCC[PH]([O])(CCCCCCCC)CCCCCCCC. The van der Waals surface area contributed by atoms with E-state index in [1.54, 1.807) is 0 Å². The van der Waals surface area contributed by atoms with Gasteiger partial charge in [0.25, 0.3) is 0 Å². The Morgan fingerprint density at radius 2 is 0.615 bits per heavy atom. The monoisotopic (exact) mass is 387 g/mol. The fraction of sp³-hybridized carbons (Fsp3) is 1.00. The van der Waals surface area contributed by atoms with Crippen molar-refractivity contribution in [3.05, 3.63) is 0 Å². The first-order chi connectivity index (χ1) is 12.7. The van der Waals surface area contributed by atoms with Crippen molar-refractivity contribution in [2.75, 3.05) is 18.5 Å². The van der Waals surface area contributed by atoms with Gasteiger partial charge >= 0.3 is 167 Å². The molecule has 0 amide bonds. The van der Waals surface area contributed by atoms with Gasteiger partial charge in [0.15, 0.2) is 0 Å². The molecule has 0 unspecified atom stereocenters. The number of hydrogen-bond donors (Lipinski definition) is 0. The minimum atomic E-state index is -2.20. The van der Waals surface area contributed by atoms with E-state index in [0.717, 1.165) is 18.5 Å². The summed E-state index contributed by atoms with van der Waals surface area (Å²) in [7, 11) is -2.20. The standard InChI is InChI=1S/C24H52OP/c1-4-7-10-13-16-19-22-26(25,23-20-17-14-11-8-5-2)24-21-18-15-12-9-6-3/h26H,4-24H2,1-3H3. The quantitative estimate of drug-likeness (QED) is 0.138. The van der Waals surface area contributed by atoms with Crippen LogP contribution >= 0.6 is 7.49 Å².